The topological polar surface area (TPSA) is 47.0 Å². The zero-order valence-electron chi connectivity index (χ0n) is 9.57. The number of rotatable bonds is 3. The highest BCUT2D eigenvalue weighted by Crippen LogP contribution is 2.42. The average Bonchev–Trinajstić information content (AvgIpc) is 2.98. The Hall–Kier alpha value is -0.320. The van der Waals surface area contributed by atoms with Crippen LogP contribution in [0, 0.1) is 0 Å². The van der Waals surface area contributed by atoms with E-state index >= 15 is 0 Å². The van der Waals surface area contributed by atoms with Gasteiger partial charge in [0.25, 0.3) is 0 Å². The molecule has 6 heteroatoms. The summed E-state index contributed by atoms with van der Waals surface area (Å²) in [6, 6.07) is 3.13. The largest absolute Gasteiger partial charge is 0.228 e. The molecule has 94 valence electrons. The summed E-state index contributed by atoms with van der Waals surface area (Å²) in [7, 11) is -3.20. The van der Waals surface area contributed by atoms with Gasteiger partial charge in [0, 0.05) is 0 Å². The van der Waals surface area contributed by atoms with Gasteiger partial charge in [0.1, 0.15) is 10.3 Å². The maximum atomic E-state index is 12.3. The van der Waals surface area contributed by atoms with E-state index in [2.05, 4.69) is 4.98 Å². The molecule has 0 atom stereocenters. The van der Waals surface area contributed by atoms with Gasteiger partial charge in [-0.1, -0.05) is 23.2 Å². The predicted octanol–water partition coefficient (Wildman–Crippen LogP) is 3.20. The quantitative estimate of drug-likeness (QED) is 0.804. The lowest BCUT2D eigenvalue weighted by atomic mass is 10.0. The fourth-order valence-electron chi connectivity index (χ4n) is 1.77. The maximum Gasteiger partial charge on any atom is 0.162 e. The van der Waals surface area contributed by atoms with Crippen molar-refractivity contribution in [3.63, 3.8) is 0 Å². The maximum absolute atomic E-state index is 12.3. The lowest BCUT2D eigenvalue weighted by Crippen LogP contribution is -2.32. The molecule has 0 aliphatic heterocycles. The summed E-state index contributed by atoms with van der Waals surface area (Å²) >= 11 is 11.6. The van der Waals surface area contributed by atoms with Gasteiger partial charge < -0.3 is 0 Å². The van der Waals surface area contributed by atoms with E-state index in [4.69, 9.17) is 23.2 Å². The van der Waals surface area contributed by atoms with Gasteiger partial charge in [-0.05, 0) is 44.4 Å². The molecular formula is C11H13Cl2NO2S. The van der Waals surface area contributed by atoms with Gasteiger partial charge in [-0.15, -0.1) is 0 Å². The summed E-state index contributed by atoms with van der Waals surface area (Å²) in [6.45, 7) is 3.37. The van der Waals surface area contributed by atoms with Crippen molar-refractivity contribution in [1.29, 1.82) is 0 Å². The SMILES string of the molecule is CC(C)(c1cc(Cl)nc(Cl)c1)S(=O)(=O)C1CC1. The first-order valence-corrected chi connectivity index (χ1v) is 7.62. The van der Waals surface area contributed by atoms with E-state index in [9.17, 15) is 8.42 Å². The minimum absolute atomic E-state index is 0.214. The molecule has 1 aromatic heterocycles. The predicted molar refractivity (Wildman–Crippen MR) is 69.2 cm³/mol. The first-order chi connectivity index (χ1) is 7.75. The molecule has 1 saturated carbocycles. The molecule has 0 saturated heterocycles. The van der Waals surface area contributed by atoms with Crippen molar-refractivity contribution in [3.8, 4) is 0 Å². The molecule has 2 rings (SSSR count). The Morgan fingerprint density at radius 3 is 2.12 bits per heavy atom. The van der Waals surface area contributed by atoms with Crippen LogP contribution in [0.5, 0.6) is 0 Å². The fraction of sp³-hybridized carbons (Fsp3) is 0.545. The minimum Gasteiger partial charge on any atom is -0.228 e. The second kappa shape index (κ2) is 4.11. The van der Waals surface area contributed by atoms with Crippen LogP contribution in [-0.2, 0) is 14.6 Å². The van der Waals surface area contributed by atoms with E-state index in [0.29, 0.717) is 5.56 Å². The molecule has 0 amide bonds. The normalized spacial score (nSPS) is 17.2. The van der Waals surface area contributed by atoms with E-state index < -0.39 is 14.6 Å². The number of hydrogen-bond donors (Lipinski definition) is 0. The molecule has 1 heterocycles. The first kappa shape index (κ1) is 13.1. The van der Waals surface area contributed by atoms with Crippen LogP contribution in [0.4, 0.5) is 0 Å². The van der Waals surface area contributed by atoms with Crippen LogP contribution < -0.4 is 0 Å². The highest BCUT2D eigenvalue weighted by atomic mass is 35.5. The Kier molecular flexibility index (Phi) is 3.17. The van der Waals surface area contributed by atoms with Gasteiger partial charge >= 0.3 is 0 Å². The lowest BCUT2D eigenvalue weighted by Gasteiger charge is -2.25. The van der Waals surface area contributed by atoms with Crippen LogP contribution in [0.25, 0.3) is 0 Å². The van der Waals surface area contributed by atoms with Gasteiger partial charge in [0.05, 0.1) is 10.00 Å². The van der Waals surface area contributed by atoms with Crippen molar-refractivity contribution in [2.45, 2.75) is 36.7 Å². The van der Waals surface area contributed by atoms with Crippen LogP contribution in [-0.4, -0.2) is 18.7 Å². The van der Waals surface area contributed by atoms with Crippen molar-refractivity contribution >= 4 is 33.0 Å². The Labute approximate surface area is 111 Å². The Balaban J connectivity index is 2.50. The van der Waals surface area contributed by atoms with Crippen molar-refractivity contribution in [1.82, 2.24) is 4.98 Å². The van der Waals surface area contributed by atoms with Crippen molar-refractivity contribution in [2.75, 3.05) is 0 Å². The summed E-state index contributed by atoms with van der Waals surface area (Å²) in [5.41, 5.74) is 0.592. The van der Waals surface area contributed by atoms with E-state index in [1.807, 2.05) is 0 Å². The molecule has 0 radical (unpaired) electrons. The van der Waals surface area contributed by atoms with Crippen molar-refractivity contribution in [3.05, 3.63) is 28.0 Å². The number of nitrogens with zero attached hydrogens (tertiary/aromatic N) is 1. The molecule has 0 N–H and O–H groups in total. The molecule has 1 aromatic rings. The van der Waals surface area contributed by atoms with Crippen molar-refractivity contribution < 1.29 is 8.42 Å². The van der Waals surface area contributed by atoms with Crippen LogP contribution >= 0.6 is 23.2 Å². The molecule has 3 nitrogen and oxygen atoms in total. The van der Waals surface area contributed by atoms with Gasteiger partial charge in [0.15, 0.2) is 9.84 Å². The number of sulfone groups is 1. The van der Waals surface area contributed by atoms with Gasteiger partial charge in [-0.25, -0.2) is 13.4 Å². The molecule has 1 aliphatic carbocycles. The third-order valence-corrected chi connectivity index (χ3v) is 6.53. The summed E-state index contributed by atoms with van der Waals surface area (Å²) < 4.78 is 23.7. The van der Waals surface area contributed by atoms with E-state index in [-0.39, 0.29) is 15.6 Å². The highest BCUT2D eigenvalue weighted by molar-refractivity contribution is 7.93. The standard InChI is InChI=1S/C11H13Cl2NO2S/c1-11(2,17(15,16)8-3-4-8)7-5-9(12)14-10(13)6-7/h5-6,8H,3-4H2,1-2H3. The summed E-state index contributed by atoms with van der Waals surface area (Å²) in [5.74, 6) is 0. The molecule has 0 spiro atoms. The Morgan fingerprint density at radius 2 is 1.71 bits per heavy atom. The minimum atomic E-state index is -3.20. The second-order valence-electron chi connectivity index (χ2n) is 4.76. The van der Waals surface area contributed by atoms with Gasteiger partial charge in [0.2, 0.25) is 0 Å². The number of aromatic nitrogens is 1. The third-order valence-electron chi connectivity index (χ3n) is 3.13. The van der Waals surface area contributed by atoms with Gasteiger partial charge in [-0.3, -0.25) is 0 Å². The number of hydrogen-bond acceptors (Lipinski definition) is 3. The van der Waals surface area contributed by atoms with Crippen LogP contribution in [0.15, 0.2) is 12.1 Å². The van der Waals surface area contributed by atoms with E-state index in [0.717, 1.165) is 12.8 Å². The monoisotopic (exact) mass is 293 g/mol. The lowest BCUT2D eigenvalue weighted by molar-refractivity contribution is 0.553. The third kappa shape index (κ3) is 2.30. The van der Waals surface area contributed by atoms with Crippen molar-refractivity contribution in [2.24, 2.45) is 0 Å². The number of pyridine rings is 1. The summed E-state index contributed by atoms with van der Waals surface area (Å²) in [4.78, 5) is 3.83. The summed E-state index contributed by atoms with van der Waals surface area (Å²) in [5, 5.41) is 0.210. The molecule has 1 aliphatic rings. The smallest absolute Gasteiger partial charge is 0.162 e. The average molecular weight is 294 g/mol. The molecule has 17 heavy (non-hydrogen) atoms. The number of halogens is 2. The van der Waals surface area contributed by atoms with E-state index in [1.165, 1.54) is 0 Å². The zero-order chi connectivity index (χ0) is 12.8. The fourth-order valence-corrected chi connectivity index (χ4v) is 4.27. The first-order valence-electron chi connectivity index (χ1n) is 5.32. The molecular weight excluding hydrogens is 281 g/mol. The van der Waals surface area contributed by atoms with E-state index in [1.54, 1.807) is 26.0 Å². The summed E-state index contributed by atoms with van der Waals surface area (Å²) in [6.07, 6.45) is 1.50. The molecule has 0 bridgehead atoms. The van der Waals surface area contributed by atoms with Crippen LogP contribution in [0.3, 0.4) is 0 Å². The van der Waals surface area contributed by atoms with Gasteiger partial charge in [-0.2, -0.15) is 0 Å². The molecule has 0 aromatic carbocycles. The van der Waals surface area contributed by atoms with Crippen LogP contribution in [0.1, 0.15) is 32.3 Å². The highest BCUT2D eigenvalue weighted by Gasteiger charge is 2.47. The zero-order valence-corrected chi connectivity index (χ0v) is 11.9. The van der Waals surface area contributed by atoms with Crippen LogP contribution in [0.2, 0.25) is 10.3 Å². The Bertz CT molecular complexity index is 530. The molecule has 0 unspecified atom stereocenters. The second-order valence-corrected chi connectivity index (χ2v) is 8.31. The Morgan fingerprint density at radius 1 is 1.24 bits per heavy atom. The molecule has 1 fully saturated rings.